The molecule has 1 fully saturated rings. The molecule has 0 spiro atoms. The molecule has 1 heterocycles. The van der Waals surface area contributed by atoms with Crippen LogP contribution in [0.1, 0.15) is 31.2 Å². The number of ether oxygens (including phenoxy) is 1. The highest BCUT2D eigenvalue weighted by atomic mass is 79.9. The third kappa shape index (κ3) is 2.96. The number of benzene rings is 1. The van der Waals surface area contributed by atoms with Gasteiger partial charge in [-0.1, -0.05) is 28.8 Å². The zero-order valence-electron chi connectivity index (χ0n) is 11.1. The molecule has 0 atom stereocenters. The Balaban J connectivity index is 1.83. The SMILES string of the molecule is O=C(NC1CCCC1)C1=Cc2cc(Br)ccc2OC=C1. The third-order valence-corrected chi connectivity index (χ3v) is 4.17. The molecule has 1 amide bonds. The Hall–Kier alpha value is -1.55. The van der Waals surface area contributed by atoms with Gasteiger partial charge in [0.15, 0.2) is 0 Å². The summed E-state index contributed by atoms with van der Waals surface area (Å²) < 4.78 is 6.49. The van der Waals surface area contributed by atoms with Gasteiger partial charge in [-0.2, -0.15) is 0 Å². The maximum atomic E-state index is 12.3. The molecule has 4 heteroatoms. The molecule has 1 N–H and O–H groups in total. The van der Waals surface area contributed by atoms with Crippen molar-refractivity contribution < 1.29 is 9.53 Å². The Morgan fingerprint density at radius 2 is 2.10 bits per heavy atom. The summed E-state index contributed by atoms with van der Waals surface area (Å²) in [5, 5.41) is 3.10. The molecule has 0 saturated heterocycles. The molecule has 0 unspecified atom stereocenters. The first kappa shape index (κ1) is 13.4. The van der Waals surface area contributed by atoms with Crippen LogP contribution in [-0.2, 0) is 4.79 Å². The van der Waals surface area contributed by atoms with E-state index in [0.717, 1.165) is 28.6 Å². The van der Waals surface area contributed by atoms with Crippen molar-refractivity contribution in [3.05, 3.63) is 46.1 Å². The largest absolute Gasteiger partial charge is 0.464 e. The molecule has 3 nitrogen and oxygen atoms in total. The summed E-state index contributed by atoms with van der Waals surface area (Å²) in [5.74, 6) is 0.734. The zero-order chi connectivity index (χ0) is 13.9. The molecule has 0 bridgehead atoms. The van der Waals surface area contributed by atoms with Crippen LogP contribution in [0.5, 0.6) is 5.75 Å². The smallest absolute Gasteiger partial charge is 0.251 e. The Kier molecular flexibility index (Phi) is 3.92. The average Bonchev–Trinajstić information content (AvgIpc) is 2.83. The van der Waals surface area contributed by atoms with E-state index in [1.165, 1.54) is 12.8 Å². The van der Waals surface area contributed by atoms with E-state index in [-0.39, 0.29) is 5.91 Å². The fraction of sp³-hybridized carbons (Fsp3) is 0.312. The highest BCUT2D eigenvalue weighted by molar-refractivity contribution is 9.10. The van der Waals surface area contributed by atoms with Crippen LogP contribution in [-0.4, -0.2) is 11.9 Å². The van der Waals surface area contributed by atoms with Crippen molar-refractivity contribution >= 4 is 27.9 Å². The van der Waals surface area contributed by atoms with Crippen molar-refractivity contribution in [3.63, 3.8) is 0 Å². The molecule has 1 aromatic rings. The fourth-order valence-electron chi connectivity index (χ4n) is 2.62. The molecule has 20 heavy (non-hydrogen) atoms. The lowest BCUT2D eigenvalue weighted by Crippen LogP contribution is -2.33. The van der Waals surface area contributed by atoms with E-state index >= 15 is 0 Å². The molecule has 1 aliphatic heterocycles. The highest BCUT2D eigenvalue weighted by Gasteiger charge is 2.19. The van der Waals surface area contributed by atoms with E-state index < -0.39 is 0 Å². The van der Waals surface area contributed by atoms with E-state index in [4.69, 9.17) is 4.74 Å². The van der Waals surface area contributed by atoms with Gasteiger partial charge in [0.05, 0.1) is 6.26 Å². The molecular formula is C16H16BrNO2. The number of nitrogens with one attached hydrogen (secondary N) is 1. The molecule has 3 rings (SSSR count). The van der Waals surface area contributed by atoms with Crippen molar-refractivity contribution in [1.29, 1.82) is 0 Å². The topological polar surface area (TPSA) is 38.3 Å². The van der Waals surface area contributed by atoms with E-state index in [1.807, 2.05) is 24.3 Å². The Morgan fingerprint density at radius 3 is 2.90 bits per heavy atom. The summed E-state index contributed by atoms with van der Waals surface area (Å²) in [5.41, 5.74) is 1.54. The maximum absolute atomic E-state index is 12.3. The van der Waals surface area contributed by atoms with Crippen LogP contribution in [0.3, 0.4) is 0 Å². The Bertz CT molecular complexity index is 586. The first-order valence-electron chi connectivity index (χ1n) is 6.88. The minimum atomic E-state index is -0.0235. The van der Waals surface area contributed by atoms with Crippen LogP contribution in [0, 0.1) is 0 Å². The van der Waals surface area contributed by atoms with E-state index in [9.17, 15) is 4.79 Å². The number of carbonyl (C=O) groups excluding carboxylic acids is 1. The molecule has 0 radical (unpaired) electrons. The van der Waals surface area contributed by atoms with Gasteiger partial charge in [0, 0.05) is 21.7 Å². The normalized spacial score (nSPS) is 17.9. The van der Waals surface area contributed by atoms with Gasteiger partial charge in [-0.3, -0.25) is 4.79 Å². The van der Waals surface area contributed by atoms with Gasteiger partial charge in [0.2, 0.25) is 0 Å². The Labute approximate surface area is 126 Å². The first-order valence-corrected chi connectivity index (χ1v) is 7.67. The second-order valence-electron chi connectivity index (χ2n) is 5.16. The van der Waals surface area contributed by atoms with Crippen molar-refractivity contribution in [2.24, 2.45) is 0 Å². The van der Waals surface area contributed by atoms with Gasteiger partial charge in [-0.15, -0.1) is 0 Å². The summed E-state index contributed by atoms with van der Waals surface area (Å²) in [6.07, 6.45) is 9.74. The molecule has 2 aliphatic rings. The van der Waals surface area contributed by atoms with Gasteiger partial charge in [0.25, 0.3) is 5.91 Å². The second-order valence-corrected chi connectivity index (χ2v) is 6.07. The van der Waals surface area contributed by atoms with Crippen LogP contribution in [0.4, 0.5) is 0 Å². The van der Waals surface area contributed by atoms with Gasteiger partial charge >= 0.3 is 0 Å². The van der Waals surface area contributed by atoms with Crippen LogP contribution in [0.2, 0.25) is 0 Å². The molecule has 104 valence electrons. The first-order chi connectivity index (χ1) is 9.72. The molecule has 1 aromatic carbocycles. The lowest BCUT2D eigenvalue weighted by molar-refractivity contribution is -0.117. The van der Waals surface area contributed by atoms with Crippen LogP contribution in [0.15, 0.2) is 40.6 Å². The number of fused-ring (bicyclic) bond motifs is 1. The van der Waals surface area contributed by atoms with E-state index in [0.29, 0.717) is 11.6 Å². The van der Waals surface area contributed by atoms with Crippen molar-refractivity contribution in [2.45, 2.75) is 31.7 Å². The quantitative estimate of drug-likeness (QED) is 0.893. The lowest BCUT2D eigenvalue weighted by atomic mass is 10.1. The van der Waals surface area contributed by atoms with Gasteiger partial charge in [-0.05, 0) is 43.2 Å². The Morgan fingerprint density at radius 1 is 1.30 bits per heavy atom. The third-order valence-electron chi connectivity index (χ3n) is 3.68. The van der Waals surface area contributed by atoms with Crippen molar-refractivity contribution in [3.8, 4) is 5.75 Å². The standard InChI is InChI=1S/C16H16BrNO2/c17-13-5-6-15-12(10-13)9-11(7-8-20-15)16(19)18-14-3-1-2-4-14/h5-10,14H,1-4H2,(H,18,19). The lowest BCUT2D eigenvalue weighted by Gasteiger charge is -2.12. The van der Waals surface area contributed by atoms with Crippen LogP contribution in [0.25, 0.3) is 6.08 Å². The highest BCUT2D eigenvalue weighted by Crippen LogP contribution is 2.28. The second kappa shape index (κ2) is 5.83. The number of hydrogen-bond donors (Lipinski definition) is 1. The summed E-state index contributed by atoms with van der Waals surface area (Å²) in [6, 6.07) is 6.08. The van der Waals surface area contributed by atoms with E-state index in [1.54, 1.807) is 12.3 Å². The predicted molar refractivity (Wildman–Crippen MR) is 82.3 cm³/mol. The molecule has 0 aromatic heterocycles. The van der Waals surface area contributed by atoms with E-state index in [2.05, 4.69) is 21.2 Å². The summed E-state index contributed by atoms with van der Waals surface area (Å²) >= 11 is 3.44. The predicted octanol–water partition coefficient (Wildman–Crippen LogP) is 3.80. The number of carbonyl (C=O) groups is 1. The van der Waals surface area contributed by atoms with Crippen LogP contribution < -0.4 is 10.1 Å². The zero-order valence-corrected chi connectivity index (χ0v) is 12.7. The minimum Gasteiger partial charge on any atom is -0.464 e. The number of amides is 1. The number of halogens is 1. The molecular weight excluding hydrogens is 318 g/mol. The molecule has 1 saturated carbocycles. The van der Waals surface area contributed by atoms with Crippen molar-refractivity contribution in [1.82, 2.24) is 5.32 Å². The fourth-order valence-corrected chi connectivity index (χ4v) is 2.99. The molecule has 1 aliphatic carbocycles. The van der Waals surface area contributed by atoms with Crippen LogP contribution >= 0.6 is 15.9 Å². The number of rotatable bonds is 2. The van der Waals surface area contributed by atoms with Gasteiger partial charge in [0.1, 0.15) is 5.75 Å². The summed E-state index contributed by atoms with van der Waals surface area (Å²) in [4.78, 5) is 12.3. The van der Waals surface area contributed by atoms with Gasteiger partial charge < -0.3 is 10.1 Å². The van der Waals surface area contributed by atoms with Crippen molar-refractivity contribution in [2.75, 3.05) is 0 Å². The minimum absolute atomic E-state index is 0.0235. The maximum Gasteiger partial charge on any atom is 0.251 e. The monoisotopic (exact) mass is 333 g/mol. The average molecular weight is 334 g/mol. The number of hydrogen-bond acceptors (Lipinski definition) is 2. The summed E-state index contributed by atoms with van der Waals surface area (Å²) in [7, 11) is 0. The van der Waals surface area contributed by atoms with Gasteiger partial charge in [-0.25, -0.2) is 0 Å². The summed E-state index contributed by atoms with van der Waals surface area (Å²) in [6.45, 7) is 0.